The van der Waals surface area contributed by atoms with Gasteiger partial charge in [0.15, 0.2) is 0 Å². The number of nitrogens with zero attached hydrogens (tertiary/aromatic N) is 2. The number of benzene rings is 3. The molecule has 2 nitrogen and oxygen atoms in total. The van der Waals surface area contributed by atoms with E-state index in [1.165, 1.54) is 66.6 Å². The van der Waals surface area contributed by atoms with Crippen LogP contribution >= 0.6 is 0 Å². The number of para-hydroxylation sites is 2. The van der Waals surface area contributed by atoms with Crippen LogP contribution in [0.3, 0.4) is 0 Å². The van der Waals surface area contributed by atoms with E-state index in [2.05, 4.69) is 90.4 Å². The number of imidazole rings is 1. The fourth-order valence-electron chi connectivity index (χ4n) is 4.19. The zero-order valence-electron chi connectivity index (χ0n) is 18.1. The van der Waals surface area contributed by atoms with E-state index in [9.17, 15) is 0 Å². The van der Waals surface area contributed by atoms with Crippen LogP contribution in [0.1, 0.15) is 56.8 Å². The zero-order valence-corrected chi connectivity index (χ0v) is 18.1. The lowest BCUT2D eigenvalue weighted by Crippen LogP contribution is -2.05. The quantitative estimate of drug-likeness (QED) is 0.252. The molecule has 30 heavy (non-hydrogen) atoms. The molecule has 4 rings (SSSR count). The van der Waals surface area contributed by atoms with E-state index < -0.39 is 0 Å². The molecule has 0 aliphatic carbocycles. The molecule has 154 valence electrons. The maximum Gasteiger partial charge on any atom is 0.114 e. The highest BCUT2D eigenvalue weighted by Gasteiger charge is 2.11. The van der Waals surface area contributed by atoms with E-state index in [0.29, 0.717) is 0 Å². The average Bonchev–Trinajstić information content (AvgIpc) is 3.14. The molecule has 0 spiro atoms. The molecule has 3 aromatic carbocycles. The molecular formula is C28H32N2. The minimum Gasteiger partial charge on any atom is -0.328 e. The molecule has 1 aromatic heterocycles. The first-order valence-electron chi connectivity index (χ1n) is 11.4. The van der Waals surface area contributed by atoms with Gasteiger partial charge in [-0.15, -0.1) is 0 Å². The summed E-state index contributed by atoms with van der Waals surface area (Å²) in [6.45, 7) is 3.33. The smallest absolute Gasteiger partial charge is 0.114 e. The fraction of sp³-hybridized carbons (Fsp3) is 0.321. The summed E-state index contributed by atoms with van der Waals surface area (Å²) < 4.78 is 2.44. The standard InChI is InChI=1S/C28H32N2/c1-2-3-4-5-6-12-21-30-27-16-11-10-15-26(27)29-28(30)22-23-17-19-25(20-18-23)24-13-8-7-9-14-24/h7-11,13-20H,2-6,12,21-22H2,1H3. The van der Waals surface area contributed by atoms with Crippen LogP contribution in [0.2, 0.25) is 0 Å². The Kier molecular flexibility index (Phi) is 6.97. The molecule has 0 unspecified atom stereocenters. The van der Waals surface area contributed by atoms with Crippen LogP contribution in [0.5, 0.6) is 0 Å². The predicted molar refractivity (Wildman–Crippen MR) is 128 cm³/mol. The summed E-state index contributed by atoms with van der Waals surface area (Å²) in [7, 11) is 0. The van der Waals surface area contributed by atoms with Gasteiger partial charge in [0.1, 0.15) is 5.82 Å². The largest absolute Gasteiger partial charge is 0.328 e. The van der Waals surface area contributed by atoms with Crippen LogP contribution in [0.15, 0.2) is 78.9 Å². The molecule has 0 fully saturated rings. The van der Waals surface area contributed by atoms with Crippen molar-refractivity contribution in [1.82, 2.24) is 9.55 Å². The van der Waals surface area contributed by atoms with Crippen LogP contribution in [0, 0.1) is 0 Å². The minimum absolute atomic E-state index is 0.875. The van der Waals surface area contributed by atoms with Crippen LogP contribution in [-0.2, 0) is 13.0 Å². The lowest BCUT2D eigenvalue weighted by atomic mass is 10.0. The number of fused-ring (bicyclic) bond motifs is 1. The van der Waals surface area contributed by atoms with Crippen LogP contribution in [-0.4, -0.2) is 9.55 Å². The average molecular weight is 397 g/mol. The highest BCUT2D eigenvalue weighted by Crippen LogP contribution is 2.23. The van der Waals surface area contributed by atoms with Crippen molar-refractivity contribution in [1.29, 1.82) is 0 Å². The van der Waals surface area contributed by atoms with Crippen LogP contribution in [0.4, 0.5) is 0 Å². The molecular weight excluding hydrogens is 364 g/mol. The van der Waals surface area contributed by atoms with E-state index in [1.807, 2.05) is 0 Å². The first-order chi connectivity index (χ1) is 14.8. The molecule has 0 saturated heterocycles. The van der Waals surface area contributed by atoms with Crippen LogP contribution in [0.25, 0.3) is 22.2 Å². The molecule has 0 atom stereocenters. The number of aryl methyl sites for hydroxylation is 1. The summed E-state index contributed by atoms with van der Waals surface area (Å²) in [4.78, 5) is 4.98. The van der Waals surface area contributed by atoms with Crippen LogP contribution < -0.4 is 0 Å². The van der Waals surface area contributed by atoms with Crippen molar-refractivity contribution in [3.05, 3.63) is 90.3 Å². The van der Waals surface area contributed by atoms with Gasteiger partial charge in [-0.25, -0.2) is 4.98 Å². The molecule has 4 aromatic rings. The van der Waals surface area contributed by atoms with E-state index in [0.717, 1.165) is 18.5 Å². The maximum atomic E-state index is 4.98. The van der Waals surface area contributed by atoms with Crippen molar-refractivity contribution >= 4 is 11.0 Å². The summed E-state index contributed by atoms with van der Waals surface area (Å²) in [5.41, 5.74) is 6.22. The number of rotatable bonds is 10. The molecule has 0 aliphatic heterocycles. The van der Waals surface area contributed by atoms with Gasteiger partial charge in [0.25, 0.3) is 0 Å². The van der Waals surface area contributed by atoms with Crippen molar-refractivity contribution in [3.63, 3.8) is 0 Å². The minimum atomic E-state index is 0.875. The van der Waals surface area contributed by atoms with E-state index in [-0.39, 0.29) is 0 Å². The van der Waals surface area contributed by atoms with E-state index in [1.54, 1.807) is 0 Å². The normalized spacial score (nSPS) is 11.2. The third-order valence-electron chi connectivity index (χ3n) is 5.89. The second-order valence-corrected chi connectivity index (χ2v) is 8.18. The summed E-state index contributed by atoms with van der Waals surface area (Å²) in [6, 6.07) is 28.1. The number of hydrogen-bond donors (Lipinski definition) is 0. The van der Waals surface area contributed by atoms with Gasteiger partial charge in [0.05, 0.1) is 11.0 Å². The summed E-state index contributed by atoms with van der Waals surface area (Å²) in [5.74, 6) is 1.18. The topological polar surface area (TPSA) is 17.8 Å². The molecule has 0 bridgehead atoms. The zero-order chi connectivity index (χ0) is 20.6. The Hall–Kier alpha value is -2.87. The molecule has 1 heterocycles. The lowest BCUT2D eigenvalue weighted by Gasteiger charge is -2.10. The third kappa shape index (κ3) is 4.99. The van der Waals surface area contributed by atoms with Gasteiger partial charge < -0.3 is 4.57 Å². The Labute approximate surface area is 180 Å². The second-order valence-electron chi connectivity index (χ2n) is 8.18. The van der Waals surface area contributed by atoms with Gasteiger partial charge in [-0.3, -0.25) is 0 Å². The van der Waals surface area contributed by atoms with E-state index in [4.69, 9.17) is 4.98 Å². The highest BCUT2D eigenvalue weighted by molar-refractivity contribution is 5.76. The SMILES string of the molecule is CCCCCCCCn1c(Cc2ccc(-c3ccccc3)cc2)nc2ccccc21. The van der Waals surface area contributed by atoms with Gasteiger partial charge in [0, 0.05) is 13.0 Å². The molecule has 0 radical (unpaired) electrons. The first kappa shape index (κ1) is 20.4. The summed E-state index contributed by atoms with van der Waals surface area (Å²) in [6.07, 6.45) is 8.78. The maximum absolute atomic E-state index is 4.98. The molecule has 0 N–H and O–H groups in total. The Bertz CT molecular complexity index is 1050. The Morgan fingerprint density at radius 1 is 0.667 bits per heavy atom. The molecule has 2 heteroatoms. The fourth-order valence-corrected chi connectivity index (χ4v) is 4.19. The number of unbranched alkanes of at least 4 members (excludes halogenated alkanes) is 5. The monoisotopic (exact) mass is 396 g/mol. The molecule has 0 aliphatic rings. The molecule has 0 amide bonds. The van der Waals surface area contributed by atoms with Crippen molar-refractivity contribution in [3.8, 4) is 11.1 Å². The molecule has 0 saturated carbocycles. The van der Waals surface area contributed by atoms with Crippen molar-refractivity contribution < 1.29 is 0 Å². The van der Waals surface area contributed by atoms with Gasteiger partial charge in [-0.2, -0.15) is 0 Å². The summed E-state index contributed by atoms with van der Waals surface area (Å²) in [5, 5.41) is 0. The Morgan fingerprint density at radius 3 is 2.13 bits per heavy atom. The van der Waals surface area contributed by atoms with Crippen molar-refractivity contribution in [2.75, 3.05) is 0 Å². The van der Waals surface area contributed by atoms with Crippen molar-refractivity contribution in [2.45, 2.75) is 58.4 Å². The second kappa shape index (κ2) is 10.2. The Balaban J connectivity index is 1.49. The predicted octanol–water partition coefficient (Wildman–Crippen LogP) is 7.65. The van der Waals surface area contributed by atoms with Gasteiger partial charge >= 0.3 is 0 Å². The Morgan fingerprint density at radius 2 is 1.33 bits per heavy atom. The number of aromatic nitrogens is 2. The van der Waals surface area contributed by atoms with Gasteiger partial charge in [0.2, 0.25) is 0 Å². The number of hydrogen-bond acceptors (Lipinski definition) is 1. The highest BCUT2D eigenvalue weighted by atomic mass is 15.1. The van der Waals surface area contributed by atoms with E-state index >= 15 is 0 Å². The first-order valence-corrected chi connectivity index (χ1v) is 11.4. The lowest BCUT2D eigenvalue weighted by molar-refractivity contribution is 0.555. The van der Waals surface area contributed by atoms with Gasteiger partial charge in [-0.1, -0.05) is 106 Å². The summed E-state index contributed by atoms with van der Waals surface area (Å²) >= 11 is 0. The van der Waals surface area contributed by atoms with Gasteiger partial charge in [-0.05, 0) is 35.2 Å². The van der Waals surface area contributed by atoms with Crippen molar-refractivity contribution in [2.24, 2.45) is 0 Å². The third-order valence-corrected chi connectivity index (χ3v) is 5.89.